The van der Waals surface area contributed by atoms with E-state index in [0.717, 1.165) is 0 Å². The van der Waals surface area contributed by atoms with Gasteiger partial charge in [-0.25, -0.2) is 9.18 Å². The van der Waals surface area contributed by atoms with Gasteiger partial charge >= 0.3 is 6.09 Å². The molecular weight excluding hydrogens is 301 g/mol. The van der Waals surface area contributed by atoms with E-state index in [1.54, 1.807) is 33.9 Å². The maximum absolute atomic E-state index is 13.2. The van der Waals surface area contributed by atoms with Gasteiger partial charge in [0.25, 0.3) is 0 Å². The SMILES string of the molecule is CN(Cc1cc(F)cc(Br)c1)C(=O)OC(C)(C)C. The molecule has 1 aromatic rings. The van der Waals surface area contributed by atoms with Crippen molar-refractivity contribution in [3.8, 4) is 0 Å². The van der Waals surface area contributed by atoms with Crippen molar-refractivity contribution >= 4 is 22.0 Å². The number of halogens is 2. The van der Waals surface area contributed by atoms with Crippen LogP contribution in [0.25, 0.3) is 0 Å². The van der Waals surface area contributed by atoms with Gasteiger partial charge in [0.15, 0.2) is 0 Å². The van der Waals surface area contributed by atoms with Crippen molar-refractivity contribution < 1.29 is 13.9 Å². The third kappa shape index (κ3) is 5.04. The van der Waals surface area contributed by atoms with Crippen LogP contribution in [0.1, 0.15) is 26.3 Å². The molecule has 1 rings (SSSR count). The number of carbonyl (C=O) groups is 1. The zero-order chi connectivity index (χ0) is 13.9. The number of hydrogen-bond acceptors (Lipinski definition) is 2. The van der Waals surface area contributed by atoms with Gasteiger partial charge in [-0.2, -0.15) is 0 Å². The highest BCUT2D eigenvalue weighted by Gasteiger charge is 2.19. The normalized spacial score (nSPS) is 11.2. The van der Waals surface area contributed by atoms with Crippen LogP contribution in [0.4, 0.5) is 9.18 Å². The quantitative estimate of drug-likeness (QED) is 0.826. The number of nitrogens with zero attached hydrogens (tertiary/aromatic N) is 1. The average molecular weight is 318 g/mol. The van der Waals surface area contributed by atoms with Gasteiger partial charge in [-0.1, -0.05) is 15.9 Å². The molecule has 0 radical (unpaired) electrons. The zero-order valence-electron chi connectivity index (χ0n) is 11.0. The number of amides is 1. The van der Waals surface area contributed by atoms with E-state index in [0.29, 0.717) is 16.6 Å². The summed E-state index contributed by atoms with van der Waals surface area (Å²) in [6.07, 6.45) is -0.428. The van der Waals surface area contributed by atoms with Crippen LogP contribution in [0.2, 0.25) is 0 Å². The molecule has 18 heavy (non-hydrogen) atoms. The van der Waals surface area contributed by atoms with Crippen molar-refractivity contribution in [1.29, 1.82) is 0 Å². The van der Waals surface area contributed by atoms with Crippen molar-refractivity contribution in [2.45, 2.75) is 32.9 Å². The first kappa shape index (κ1) is 15.0. The van der Waals surface area contributed by atoms with E-state index in [1.165, 1.54) is 17.0 Å². The molecule has 100 valence electrons. The lowest BCUT2D eigenvalue weighted by Crippen LogP contribution is -2.33. The fraction of sp³-hybridized carbons (Fsp3) is 0.462. The van der Waals surface area contributed by atoms with E-state index >= 15 is 0 Å². The van der Waals surface area contributed by atoms with Crippen LogP contribution in [0.15, 0.2) is 22.7 Å². The fourth-order valence-electron chi connectivity index (χ4n) is 1.38. The molecule has 0 aliphatic rings. The average Bonchev–Trinajstić information content (AvgIpc) is 2.12. The predicted octanol–water partition coefficient (Wildman–Crippen LogP) is 3.96. The lowest BCUT2D eigenvalue weighted by atomic mass is 10.2. The Labute approximate surface area is 115 Å². The smallest absolute Gasteiger partial charge is 0.410 e. The van der Waals surface area contributed by atoms with Gasteiger partial charge in [-0.3, -0.25) is 0 Å². The number of carbonyl (C=O) groups excluding carboxylic acids is 1. The second-order valence-corrected chi connectivity index (χ2v) is 6.03. The minimum Gasteiger partial charge on any atom is -0.444 e. The summed E-state index contributed by atoms with van der Waals surface area (Å²) in [7, 11) is 1.62. The Hall–Kier alpha value is -1.10. The van der Waals surface area contributed by atoms with Gasteiger partial charge < -0.3 is 9.64 Å². The van der Waals surface area contributed by atoms with E-state index < -0.39 is 11.7 Å². The van der Waals surface area contributed by atoms with Crippen LogP contribution in [-0.2, 0) is 11.3 Å². The summed E-state index contributed by atoms with van der Waals surface area (Å²) < 4.78 is 19.0. The Morgan fingerprint density at radius 3 is 2.50 bits per heavy atom. The van der Waals surface area contributed by atoms with Crippen molar-refractivity contribution in [3.05, 3.63) is 34.1 Å². The van der Waals surface area contributed by atoms with E-state index in [1.807, 2.05) is 0 Å². The molecule has 0 heterocycles. The fourth-order valence-corrected chi connectivity index (χ4v) is 1.89. The minimum absolute atomic E-state index is 0.297. The topological polar surface area (TPSA) is 29.5 Å². The first-order valence-corrected chi connectivity index (χ1v) is 6.36. The van der Waals surface area contributed by atoms with Crippen LogP contribution in [0.3, 0.4) is 0 Å². The molecule has 5 heteroatoms. The zero-order valence-corrected chi connectivity index (χ0v) is 12.5. The summed E-state index contributed by atoms with van der Waals surface area (Å²) in [6.45, 7) is 5.71. The molecule has 1 amide bonds. The third-order valence-electron chi connectivity index (χ3n) is 2.05. The first-order valence-electron chi connectivity index (χ1n) is 5.56. The molecule has 0 saturated heterocycles. The lowest BCUT2D eigenvalue weighted by molar-refractivity contribution is 0.0285. The van der Waals surface area contributed by atoms with E-state index in [9.17, 15) is 9.18 Å². The Morgan fingerprint density at radius 1 is 1.39 bits per heavy atom. The predicted molar refractivity (Wildman–Crippen MR) is 71.8 cm³/mol. The molecule has 0 aliphatic carbocycles. The highest BCUT2D eigenvalue weighted by atomic mass is 79.9. The molecule has 1 aromatic carbocycles. The number of benzene rings is 1. The lowest BCUT2D eigenvalue weighted by Gasteiger charge is -2.24. The second-order valence-electron chi connectivity index (χ2n) is 5.11. The van der Waals surface area contributed by atoms with Gasteiger partial charge in [-0.05, 0) is 44.5 Å². The monoisotopic (exact) mass is 317 g/mol. The van der Waals surface area contributed by atoms with Gasteiger partial charge in [0, 0.05) is 18.1 Å². The van der Waals surface area contributed by atoms with Gasteiger partial charge in [0.05, 0.1) is 0 Å². The van der Waals surface area contributed by atoms with Gasteiger partial charge in [0.2, 0.25) is 0 Å². The summed E-state index contributed by atoms with van der Waals surface area (Å²) >= 11 is 3.21. The molecule has 0 fully saturated rings. The number of ether oxygens (including phenoxy) is 1. The Balaban J connectivity index is 2.69. The molecule has 0 atom stereocenters. The van der Waals surface area contributed by atoms with E-state index in [2.05, 4.69) is 15.9 Å². The van der Waals surface area contributed by atoms with E-state index in [-0.39, 0.29) is 5.82 Å². The molecule has 0 unspecified atom stereocenters. The number of rotatable bonds is 2. The largest absolute Gasteiger partial charge is 0.444 e. The molecule has 0 N–H and O–H groups in total. The highest BCUT2D eigenvalue weighted by Crippen LogP contribution is 2.17. The summed E-state index contributed by atoms with van der Waals surface area (Å²) in [5.74, 6) is -0.336. The van der Waals surface area contributed by atoms with Gasteiger partial charge in [-0.15, -0.1) is 0 Å². The van der Waals surface area contributed by atoms with Crippen LogP contribution in [-0.4, -0.2) is 23.6 Å². The number of hydrogen-bond donors (Lipinski definition) is 0. The summed E-state index contributed by atoms with van der Waals surface area (Å²) in [5, 5.41) is 0. The minimum atomic E-state index is -0.534. The van der Waals surface area contributed by atoms with Crippen molar-refractivity contribution in [1.82, 2.24) is 4.90 Å². The molecule has 0 bridgehead atoms. The van der Waals surface area contributed by atoms with Crippen LogP contribution in [0.5, 0.6) is 0 Å². The molecule has 3 nitrogen and oxygen atoms in total. The van der Waals surface area contributed by atoms with E-state index in [4.69, 9.17) is 4.74 Å². The van der Waals surface area contributed by atoms with Crippen LogP contribution in [0, 0.1) is 5.82 Å². The Kier molecular flexibility index (Phi) is 4.73. The summed E-state index contributed by atoms with van der Waals surface area (Å²) in [5.41, 5.74) is 0.170. The van der Waals surface area contributed by atoms with Gasteiger partial charge in [0.1, 0.15) is 11.4 Å². The summed E-state index contributed by atoms with van der Waals surface area (Å²) in [6, 6.07) is 4.53. The van der Waals surface area contributed by atoms with Crippen LogP contribution >= 0.6 is 15.9 Å². The molecule has 0 spiro atoms. The maximum Gasteiger partial charge on any atom is 0.410 e. The highest BCUT2D eigenvalue weighted by molar-refractivity contribution is 9.10. The van der Waals surface area contributed by atoms with Crippen molar-refractivity contribution in [3.63, 3.8) is 0 Å². The van der Waals surface area contributed by atoms with Crippen molar-refractivity contribution in [2.75, 3.05) is 7.05 Å². The maximum atomic E-state index is 13.2. The standard InChI is InChI=1S/C13H17BrFNO2/c1-13(2,3)18-12(17)16(4)8-9-5-10(14)7-11(15)6-9/h5-7H,8H2,1-4H3. The molecule has 0 aromatic heterocycles. The Bertz CT molecular complexity index is 423. The Morgan fingerprint density at radius 2 is 2.00 bits per heavy atom. The molecule has 0 aliphatic heterocycles. The molecule has 0 saturated carbocycles. The molecular formula is C13H17BrFNO2. The first-order chi connectivity index (χ1) is 8.17. The second kappa shape index (κ2) is 5.69. The van der Waals surface area contributed by atoms with Crippen molar-refractivity contribution in [2.24, 2.45) is 0 Å². The van der Waals surface area contributed by atoms with Crippen LogP contribution < -0.4 is 0 Å². The third-order valence-corrected chi connectivity index (χ3v) is 2.51. The summed E-state index contributed by atoms with van der Waals surface area (Å²) in [4.78, 5) is 13.1.